The summed E-state index contributed by atoms with van der Waals surface area (Å²) in [6.07, 6.45) is -10.2. The standard InChI is InChI=1S/C7H14O8.C6H13NO5/c8-1-2(9)3(10)4(11)5(12)6(13)7(14)15;8-2-6(3-9,4-10)7-1-5(11)12/h2-6,8-13H,1H2,(H,14,15);7-10H,1-4H2,(H,11,12)/t2-,3-,4+,5-,6-;/m1./s1. The highest BCUT2D eigenvalue weighted by Crippen LogP contribution is 2.08. The van der Waals surface area contributed by atoms with E-state index in [4.69, 9.17) is 56.2 Å². The lowest BCUT2D eigenvalue weighted by Crippen LogP contribution is -2.56. The van der Waals surface area contributed by atoms with Crippen LogP contribution < -0.4 is 5.32 Å². The zero-order chi connectivity index (χ0) is 21.8. The van der Waals surface area contributed by atoms with Crippen molar-refractivity contribution in [2.24, 2.45) is 0 Å². The van der Waals surface area contributed by atoms with Crippen molar-refractivity contribution < 1.29 is 65.8 Å². The Morgan fingerprint density at radius 1 is 0.778 bits per heavy atom. The van der Waals surface area contributed by atoms with Gasteiger partial charge in [0.15, 0.2) is 6.10 Å². The fraction of sp³-hybridized carbons (Fsp3) is 0.846. The molecule has 12 N–H and O–H groups in total. The minimum atomic E-state index is -2.29. The lowest BCUT2D eigenvalue weighted by atomic mass is 9.99. The first-order valence-corrected chi connectivity index (χ1v) is 7.46. The fourth-order valence-corrected chi connectivity index (χ4v) is 1.45. The summed E-state index contributed by atoms with van der Waals surface area (Å²) in [6, 6.07) is 0. The molecular formula is C13H27NO13. The van der Waals surface area contributed by atoms with Crippen molar-refractivity contribution in [3.8, 4) is 0 Å². The Labute approximate surface area is 153 Å². The van der Waals surface area contributed by atoms with Crippen LogP contribution in [0.2, 0.25) is 0 Å². The summed E-state index contributed by atoms with van der Waals surface area (Å²) < 4.78 is 0. The molecule has 0 bridgehead atoms. The molecule has 14 heteroatoms. The average Bonchev–Trinajstić information content (AvgIpc) is 2.66. The maximum Gasteiger partial charge on any atom is 0.335 e. The van der Waals surface area contributed by atoms with E-state index < -0.39 is 81.0 Å². The summed E-state index contributed by atoms with van der Waals surface area (Å²) in [4.78, 5) is 20.3. The first-order valence-electron chi connectivity index (χ1n) is 7.46. The molecule has 5 atom stereocenters. The molecule has 0 spiro atoms. The summed E-state index contributed by atoms with van der Waals surface area (Å²) in [5, 5.41) is 98.3. The Hall–Kier alpha value is -1.46. The van der Waals surface area contributed by atoms with Crippen molar-refractivity contribution in [1.29, 1.82) is 0 Å². The van der Waals surface area contributed by atoms with Crippen molar-refractivity contribution in [2.45, 2.75) is 36.1 Å². The van der Waals surface area contributed by atoms with Gasteiger partial charge in [0.2, 0.25) is 0 Å². The first kappa shape index (κ1) is 27.8. The quantitative estimate of drug-likeness (QED) is 0.144. The van der Waals surface area contributed by atoms with Crippen LogP contribution in [0.15, 0.2) is 0 Å². The van der Waals surface area contributed by atoms with Crippen LogP contribution >= 0.6 is 0 Å². The SMILES string of the molecule is O=C(O)CNC(CO)(CO)CO.O=C(O)[C@H](O)[C@H](O)[C@@H](O)[C@H](O)[C@H](O)CO. The van der Waals surface area contributed by atoms with Gasteiger partial charge in [0, 0.05) is 0 Å². The lowest BCUT2D eigenvalue weighted by molar-refractivity contribution is -0.169. The maximum absolute atomic E-state index is 10.2. The minimum Gasteiger partial charge on any atom is -0.480 e. The molecule has 0 radical (unpaired) electrons. The van der Waals surface area contributed by atoms with E-state index in [1.54, 1.807) is 0 Å². The summed E-state index contributed by atoms with van der Waals surface area (Å²) in [5.41, 5.74) is -1.31. The fourth-order valence-electron chi connectivity index (χ4n) is 1.45. The van der Waals surface area contributed by atoms with Crippen LogP contribution in [-0.2, 0) is 9.59 Å². The summed E-state index contributed by atoms with van der Waals surface area (Å²) in [5.74, 6) is -2.90. The lowest BCUT2D eigenvalue weighted by Gasteiger charge is -2.27. The molecule has 162 valence electrons. The maximum atomic E-state index is 10.2. The third-order valence-corrected chi connectivity index (χ3v) is 3.38. The molecule has 0 rings (SSSR count). The molecule has 0 aromatic carbocycles. The Bertz CT molecular complexity index is 422. The molecule has 0 aliphatic carbocycles. The number of nitrogens with one attached hydrogen (secondary N) is 1. The normalized spacial score (nSPS) is 17.1. The van der Waals surface area contributed by atoms with E-state index in [0.29, 0.717) is 0 Å². The van der Waals surface area contributed by atoms with Gasteiger partial charge in [-0.15, -0.1) is 0 Å². The van der Waals surface area contributed by atoms with Gasteiger partial charge < -0.3 is 56.2 Å². The third-order valence-electron chi connectivity index (χ3n) is 3.38. The number of hydrogen-bond acceptors (Lipinski definition) is 12. The van der Waals surface area contributed by atoms with Crippen LogP contribution in [-0.4, -0.2) is 137 Å². The molecule has 0 unspecified atom stereocenters. The van der Waals surface area contributed by atoms with Gasteiger partial charge in [0.05, 0.1) is 38.5 Å². The molecule has 14 nitrogen and oxygen atoms in total. The zero-order valence-electron chi connectivity index (χ0n) is 14.2. The van der Waals surface area contributed by atoms with E-state index in [2.05, 4.69) is 5.32 Å². The van der Waals surface area contributed by atoms with Crippen LogP contribution in [0.3, 0.4) is 0 Å². The van der Waals surface area contributed by atoms with E-state index in [1.807, 2.05) is 0 Å². The van der Waals surface area contributed by atoms with Gasteiger partial charge in [-0.3, -0.25) is 10.1 Å². The van der Waals surface area contributed by atoms with Crippen molar-refractivity contribution in [3.05, 3.63) is 0 Å². The molecule has 0 aromatic rings. The topological polar surface area (TPSA) is 269 Å². The predicted octanol–water partition coefficient (Wildman–Crippen LogP) is -6.76. The highest BCUT2D eigenvalue weighted by molar-refractivity contribution is 5.72. The number of rotatable bonds is 12. The molecule has 0 fully saturated rings. The first-order chi connectivity index (χ1) is 12.4. The molecule has 0 aliphatic heterocycles. The molecule has 0 saturated heterocycles. The largest absolute Gasteiger partial charge is 0.480 e. The number of carbonyl (C=O) groups is 2. The molecule has 0 amide bonds. The van der Waals surface area contributed by atoms with Crippen molar-refractivity contribution in [2.75, 3.05) is 33.0 Å². The monoisotopic (exact) mass is 405 g/mol. The van der Waals surface area contributed by atoms with Gasteiger partial charge >= 0.3 is 11.9 Å². The second-order valence-electron chi connectivity index (χ2n) is 5.51. The summed E-state index contributed by atoms with van der Waals surface area (Å²) in [7, 11) is 0. The van der Waals surface area contributed by atoms with Crippen LogP contribution in [0.25, 0.3) is 0 Å². The number of aliphatic hydroxyl groups is 9. The molecule has 0 aliphatic rings. The summed E-state index contributed by atoms with van der Waals surface area (Å²) in [6.45, 7) is -2.86. The summed E-state index contributed by atoms with van der Waals surface area (Å²) >= 11 is 0. The minimum absolute atomic E-state index is 0.415. The molecule has 27 heavy (non-hydrogen) atoms. The van der Waals surface area contributed by atoms with Crippen LogP contribution in [0.4, 0.5) is 0 Å². The van der Waals surface area contributed by atoms with Crippen LogP contribution in [0.1, 0.15) is 0 Å². The van der Waals surface area contributed by atoms with Gasteiger partial charge in [-0.05, 0) is 0 Å². The average molecular weight is 405 g/mol. The van der Waals surface area contributed by atoms with Gasteiger partial charge in [-0.2, -0.15) is 0 Å². The second-order valence-corrected chi connectivity index (χ2v) is 5.51. The number of aliphatic hydroxyl groups excluding tert-OH is 9. The van der Waals surface area contributed by atoms with Crippen molar-refractivity contribution in [3.63, 3.8) is 0 Å². The van der Waals surface area contributed by atoms with Crippen molar-refractivity contribution in [1.82, 2.24) is 5.32 Å². The van der Waals surface area contributed by atoms with Gasteiger partial charge in [-0.25, -0.2) is 4.79 Å². The highest BCUT2D eigenvalue weighted by atomic mass is 16.4. The second kappa shape index (κ2) is 13.7. The van der Waals surface area contributed by atoms with Crippen LogP contribution in [0, 0.1) is 0 Å². The Kier molecular flexibility index (Phi) is 14.1. The van der Waals surface area contributed by atoms with E-state index in [-0.39, 0.29) is 0 Å². The number of carboxylic acid groups (broad SMARTS) is 2. The van der Waals surface area contributed by atoms with E-state index in [9.17, 15) is 9.59 Å². The molecule has 0 heterocycles. The van der Waals surface area contributed by atoms with Crippen LogP contribution in [0.5, 0.6) is 0 Å². The molecular weight excluding hydrogens is 378 g/mol. The van der Waals surface area contributed by atoms with Gasteiger partial charge in [0.1, 0.15) is 24.4 Å². The van der Waals surface area contributed by atoms with E-state index >= 15 is 0 Å². The Balaban J connectivity index is 0. The molecule has 0 aromatic heterocycles. The number of aliphatic carboxylic acids is 2. The Morgan fingerprint density at radius 2 is 1.22 bits per heavy atom. The predicted molar refractivity (Wildman–Crippen MR) is 84.4 cm³/mol. The highest BCUT2D eigenvalue weighted by Gasteiger charge is 2.36. The van der Waals surface area contributed by atoms with Gasteiger partial charge in [-0.1, -0.05) is 0 Å². The number of carboxylic acids is 2. The van der Waals surface area contributed by atoms with Gasteiger partial charge in [0.25, 0.3) is 0 Å². The zero-order valence-corrected chi connectivity index (χ0v) is 14.2. The van der Waals surface area contributed by atoms with E-state index in [1.165, 1.54) is 0 Å². The third kappa shape index (κ3) is 9.87. The molecule has 0 saturated carbocycles. The smallest absolute Gasteiger partial charge is 0.335 e. The number of hydrogen-bond donors (Lipinski definition) is 12. The van der Waals surface area contributed by atoms with Crippen molar-refractivity contribution >= 4 is 11.9 Å². The Morgan fingerprint density at radius 3 is 1.52 bits per heavy atom. The van der Waals surface area contributed by atoms with E-state index in [0.717, 1.165) is 0 Å².